The van der Waals surface area contributed by atoms with Crippen molar-refractivity contribution >= 4 is 28.3 Å². The first kappa shape index (κ1) is 24.5. The molecule has 2 saturated heterocycles. The molecule has 196 valence electrons. The Morgan fingerprint density at radius 1 is 0.974 bits per heavy atom. The van der Waals surface area contributed by atoms with E-state index in [2.05, 4.69) is 41.3 Å². The minimum absolute atomic E-state index is 0.182. The second-order valence-corrected chi connectivity index (χ2v) is 10.3. The second-order valence-electron chi connectivity index (χ2n) is 10.3. The van der Waals surface area contributed by atoms with Gasteiger partial charge in [-0.25, -0.2) is 4.98 Å². The number of hydrogen-bond acceptors (Lipinski definition) is 7. The van der Waals surface area contributed by atoms with Crippen molar-refractivity contribution < 1.29 is 9.90 Å². The third-order valence-electron chi connectivity index (χ3n) is 7.56. The van der Waals surface area contributed by atoms with E-state index in [4.69, 9.17) is 0 Å². The van der Waals surface area contributed by atoms with Crippen LogP contribution in [0.4, 0.5) is 11.5 Å². The molecule has 6 rings (SSSR count). The Balaban J connectivity index is 1.18. The Labute approximate surface area is 221 Å². The molecule has 5 heterocycles. The Hall–Kier alpha value is -3.82. The van der Waals surface area contributed by atoms with E-state index in [1.807, 2.05) is 42.7 Å². The molecule has 9 nitrogen and oxygen atoms in total. The number of nitrogens with one attached hydrogen (secondary N) is 2. The first-order valence-electron chi connectivity index (χ1n) is 13.5. The number of nitrogens with zero attached hydrogens (tertiary/aromatic N) is 5. The molecule has 3 aromatic heterocycles. The monoisotopic (exact) mass is 511 g/mol. The summed E-state index contributed by atoms with van der Waals surface area (Å²) in [4.78, 5) is 26.8. The zero-order valence-corrected chi connectivity index (χ0v) is 21.4. The minimum atomic E-state index is -0.278. The molecular weight excluding hydrogens is 478 g/mol. The normalized spacial score (nSPS) is 17.1. The van der Waals surface area contributed by atoms with Crippen molar-refractivity contribution in [2.24, 2.45) is 0 Å². The topological polar surface area (TPSA) is 110 Å². The van der Waals surface area contributed by atoms with E-state index < -0.39 is 0 Å². The van der Waals surface area contributed by atoms with Gasteiger partial charge in [-0.1, -0.05) is 6.07 Å². The summed E-state index contributed by atoms with van der Waals surface area (Å²) in [6.07, 6.45) is 10.6. The summed E-state index contributed by atoms with van der Waals surface area (Å²) in [5.74, 6) is 0.673. The molecule has 0 bridgehead atoms. The van der Waals surface area contributed by atoms with E-state index in [1.54, 1.807) is 6.20 Å². The van der Waals surface area contributed by atoms with Gasteiger partial charge in [0, 0.05) is 56.1 Å². The Kier molecular flexibility index (Phi) is 7.02. The van der Waals surface area contributed by atoms with Crippen LogP contribution >= 0.6 is 0 Å². The van der Waals surface area contributed by atoms with Gasteiger partial charge in [0.2, 0.25) is 0 Å². The molecule has 0 aliphatic carbocycles. The standard InChI is InChI=1S/C29H33N7O2/c37-24-8-12-35(13-9-24)19-20-14-22(17-30-16-20)21-4-6-26-25(15-21)28(34-33-26)29(38)32-23-5-7-27(31-18-23)36-10-2-1-3-11-36/h4-7,14-18,24,37H,1-3,8-13,19H2,(H,32,38)(H,33,34). The molecule has 0 saturated carbocycles. The fraction of sp³-hybridized carbons (Fsp3) is 0.379. The highest BCUT2D eigenvalue weighted by atomic mass is 16.3. The number of aromatic nitrogens is 4. The zero-order chi connectivity index (χ0) is 25.9. The number of pyridine rings is 2. The van der Waals surface area contributed by atoms with Gasteiger partial charge in [0.1, 0.15) is 5.82 Å². The SMILES string of the molecule is O=C(Nc1ccc(N2CCCCC2)nc1)c1n[nH]c2ccc(-c3cncc(CN4CCC(O)CC4)c3)cc12. The number of aromatic amines is 1. The highest BCUT2D eigenvalue weighted by molar-refractivity contribution is 6.11. The van der Waals surface area contributed by atoms with Gasteiger partial charge in [-0.3, -0.25) is 19.8 Å². The number of piperidine rings is 2. The van der Waals surface area contributed by atoms with Crippen molar-refractivity contribution in [3.8, 4) is 11.1 Å². The van der Waals surface area contributed by atoms with Crippen molar-refractivity contribution in [2.75, 3.05) is 36.4 Å². The van der Waals surface area contributed by atoms with Crippen LogP contribution in [-0.4, -0.2) is 68.4 Å². The van der Waals surface area contributed by atoms with E-state index in [1.165, 1.54) is 19.3 Å². The van der Waals surface area contributed by atoms with Gasteiger partial charge >= 0.3 is 0 Å². The number of carbonyl (C=O) groups is 1. The van der Waals surface area contributed by atoms with Crippen molar-refractivity contribution in [1.82, 2.24) is 25.1 Å². The molecule has 0 unspecified atom stereocenters. The number of amides is 1. The van der Waals surface area contributed by atoms with E-state index in [0.717, 1.165) is 79.0 Å². The number of H-pyrrole nitrogens is 1. The summed E-state index contributed by atoms with van der Waals surface area (Å²) in [5.41, 5.74) is 4.89. The fourth-order valence-electron chi connectivity index (χ4n) is 5.39. The predicted octanol–water partition coefficient (Wildman–Crippen LogP) is 4.22. The van der Waals surface area contributed by atoms with Crippen LogP contribution in [0.5, 0.6) is 0 Å². The number of anilines is 2. The maximum atomic E-state index is 13.2. The molecule has 3 N–H and O–H groups in total. The molecule has 0 radical (unpaired) electrons. The smallest absolute Gasteiger partial charge is 0.276 e. The molecule has 0 spiro atoms. The lowest BCUT2D eigenvalue weighted by Gasteiger charge is -2.29. The number of aliphatic hydroxyl groups is 1. The molecule has 2 fully saturated rings. The quantitative estimate of drug-likeness (QED) is 0.356. The summed E-state index contributed by atoms with van der Waals surface area (Å²) < 4.78 is 0. The summed E-state index contributed by atoms with van der Waals surface area (Å²) in [7, 11) is 0. The zero-order valence-electron chi connectivity index (χ0n) is 21.4. The van der Waals surface area contributed by atoms with E-state index in [9.17, 15) is 9.90 Å². The van der Waals surface area contributed by atoms with E-state index >= 15 is 0 Å². The first-order valence-corrected chi connectivity index (χ1v) is 13.5. The van der Waals surface area contributed by atoms with Gasteiger partial charge in [0.05, 0.1) is 23.5 Å². The molecule has 2 aliphatic rings. The predicted molar refractivity (Wildman–Crippen MR) is 148 cm³/mol. The average Bonchev–Trinajstić information content (AvgIpc) is 3.39. The summed E-state index contributed by atoms with van der Waals surface area (Å²) in [6, 6.07) is 12.0. The highest BCUT2D eigenvalue weighted by Crippen LogP contribution is 2.27. The highest BCUT2D eigenvalue weighted by Gasteiger charge is 2.19. The van der Waals surface area contributed by atoms with E-state index in [-0.39, 0.29) is 12.0 Å². The number of carbonyl (C=O) groups excluding carboxylic acids is 1. The molecule has 1 aromatic carbocycles. The van der Waals surface area contributed by atoms with Crippen molar-refractivity contribution in [3.05, 3.63) is 66.2 Å². The van der Waals surface area contributed by atoms with Gasteiger partial charge in [-0.2, -0.15) is 5.10 Å². The Bertz CT molecular complexity index is 1400. The van der Waals surface area contributed by atoms with Gasteiger partial charge < -0.3 is 15.3 Å². The molecule has 0 atom stereocenters. The van der Waals surface area contributed by atoms with Crippen molar-refractivity contribution in [2.45, 2.75) is 44.8 Å². The van der Waals surface area contributed by atoms with Gasteiger partial charge in [-0.15, -0.1) is 0 Å². The van der Waals surface area contributed by atoms with Crippen LogP contribution in [0.15, 0.2) is 55.0 Å². The minimum Gasteiger partial charge on any atom is -0.393 e. The van der Waals surface area contributed by atoms with Gasteiger partial charge in [-0.05, 0) is 73.6 Å². The number of aliphatic hydroxyl groups excluding tert-OH is 1. The molecule has 4 aromatic rings. The fourth-order valence-corrected chi connectivity index (χ4v) is 5.39. The van der Waals surface area contributed by atoms with Gasteiger partial charge in [0.15, 0.2) is 5.69 Å². The Morgan fingerprint density at radius 3 is 2.61 bits per heavy atom. The second kappa shape index (κ2) is 10.9. The van der Waals surface area contributed by atoms with Crippen molar-refractivity contribution in [3.63, 3.8) is 0 Å². The lowest BCUT2D eigenvalue weighted by atomic mass is 10.0. The van der Waals surface area contributed by atoms with Crippen LogP contribution in [0.2, 0.25) is 0 Å². The first-order chi connectivity index (χ1) is 18.6. The van der Waals surface area contributed by atoms with Crippen molar-refractivity contribution in [1.29, 1.82) is 0 Å². The lowest BCUT2D eigenvalue weighted by molar-refractivity contribution is 0.0792. The average molecular weight is 512 g/mol. The summed E-state index contributed by atoms with van der Waals surface area (Å²) in [5, 5.41) is 20.8. The maximum absolute atomic E-state index is 13.2. The third kappa shape index (κ3) is 5.39. The lowest BCUT2D eigenvalue weighted by Crippen LogP contribution is -2.35. The largest absolute Gasteiger partial charge is 0.393 e. The molecule has 9 heteroatoms. The summed E-state index contributed by atoms with van der Waals surface area (Å²) >= 11 is 0. The number of hydrogen-bond donors (Lipinski definition) is 3. The van der Waals surface area contributed by atoms with Crippen LogP contribution in [0.3, 0.4) is 0 Å². The number of fused-ring (bicyclic) bond motifs is 1. The van der Waals surface area contributed by atoms with E-state index in [0.29, 0.717) is 11.4 Å². The van der Waals surface area contributed by atoms with Crippen LogP contribution < -0.4 is 10.2 Å². The summed E-state index contributed by atoms with van der Waals surface area (Å²) in [6.45, 7) is 4.64. The molecule has 1 amide bonds. The van der Waals surface area contributed by atoms with Gasteiger partial charge in [0.25, 0.3) is 5.91 Å². The van der Waals surface area contributed by atoms with Crippen LogP contribution in [0.1, 0.15) is 48.2 Å². The number of benzene rings is 1. The van der Waals surface area contributed by atoms with Crippen LogP contribution in [0.25, 0.3) is 22.0 Å². The van der Waals surface area contributed by atoms with Crippen LogP contribution in [0, 0.1) is 0 Å². The van der Waals surface area contributed by atoms with Crippen LogP contribution in [-0.2, 0) is 6.54 Å². The molecule has 2 aliphatic heterocycles. The maximum Gasteiger partial charge on any atom is 0.276 e. The molecular formula is C29H33N7O2. The Morgan fingerprint density at radius 2 is 1.82 bits per heavy atom. The number of rotatable bonds is 6. The molecule has 38 heavy (non-hydrogen) atoms. The third-order valence-corrected chi connectivity index (χ3v) is 7.56. The number of likely N-dealkylation sites (tertiary alicyclic amines) is 1.